The third-order valence-corrected chi connectivity index (χ3v) is 13.4. The number of carbonyl (C=O) groups excluding carboxylic acids is 1. The van der Waals surface area contributed by atoms with Gasteiger partial charge in [0.1, 0.15) is 0 Å². The molecular weight excluding hydrogens is 566 g/mol. The van der Waals surface area contributed by atoms with E-state index in [1.54, 1.807) is 39.0 Å². The molecule has 0 saturated heterocycles. The van der Waals surface area contributed by atoms with E-state index in [0.29, 0.717) is 12.3 Å². The van der Waals surface area contributed by atoms with Crippen LogP contribution >= 0.6 is 20.2 Å². The average molecular weight is 591 g/mol. The fourth-order valence-corrected chi connectivity index (χ4v) is 13.3. The molecule has 0 unspecified atom stereocenters. The SMILES string of the molecule is CC(C)(C)OC(=O)n1cc(I(OS(=O)(=O)C(F)(F)F)c2ccccc2)c([Si](C)(C)C)c1. The summed E-state index contributed by atoms with van der Waals surface area (Å²) < 4.78 is 75.2. The van der Waals surface area contributed by atoms with E-state index in [4.69, 9.17) is 7.25 Å². The zero-order chi connectivity index (χ0) is 23.8. The number of carbonyl (C=O) groups is 1. The van der Waals surface area contributed by atoms with Crippen LogP contribution in [-0.2, 0) is 17.4 Å². The quantitative estimate of drug-likeness (QED) is 0.274. The van der Waals surface area contributed by atoms with Crippen molar-refractivity contribution >= 4 is 49.7 Å². The van der Waals surface area contributed by atoms with Crippen LogP contribution < -0.4 is 5.19 Å². The van der Waals surface area contributed by atoms with Crippen LogP contribution in [0.3, 0.4) is 0 Å². The van der Waals surface area contributed by atoms with E-state index in [2.05, 4.69) is 0 Å². The van der Waals surface area contributed by atoms with E-state index < -0.39 is 55.6 Å². The predicted octanol–water partition coefficient (Wildman–Crippen LogP) is 5.14. The van der Waals surface area contributed by atoms with E-state index in [-0.39, 0.29) is 0 Å². The number of benzene rings is 1. The molecule has 31 heavy (non-hydrogen) atoms. The fraction of sp³-hybridized carbons (Fsp3) is 0.421. The van der Waals surface area contributed by atoms with Gasteiger partial charge in [0.25, 0.3) is 0 Å². The molecule has 2 rings (SSSR count). The van der Waals surface area contributed by atoms with Gasteiger partial charge in [-0.3, -0.25) is 0 Å². The van der Waals surface area contributed by atoms with Gasteiger partial charge in [-0.2, -0.15) is 0 Å². The number of ether oxygens (including phenoxy) is 1. The molecule has 0 aliphatic rings. The molecule has 1 heterocycles. The van der Waals surface area contributed by atoms with E-state index in [9.17, 15) is 26.4 Å². The Bertz CT molecular complexity index is 1040. The number of aromatic nitrogens is 1. The van der Waals surface area contributed by atoms with Gasteiger partial charge in [-0.25, -0.2) is 0 Å². The summed E-state index contributed by atoms with van der Waals surface area (Å²) >= 11 is -3.62. The average Bonchev–Trinajstić information content (AvgIpc) is 3.03. The second-order valence-electron chi connectivity index (χ2n) is 8.66. The minimum absolute atomic E-state index is 0.327. The Morgan fingerprint density at radius 3 is 2.03 bits per heavy atom. The molecule has 12 heteroatoms. The van der Waals surface area contributed by atoms with Crippen molar-refractivity contribution in [2.24, 2.45) is 0 Å². The van der Waals surface area contributed by atoms with Crippen molar-refractivity contribution in [2.45, 2.75) is 51.5 Å². The van der Waals surface area contributed by atoms with Crippen molar-refractivity contribution in [2.75, 3.05) is 0 Å². The summed E-state index contributed by atoms with van der Waals surface area (Å²) in [6.07, 6.45) is 2.17. The molecule has 0 fully saturated rings. The molecule has 0 aliphatic heterocycles. The number of halogens is 4. The summed E-state index contributed by atoms with van der Waals surface area (Å²) in [5, 5.41) is 0.643. The molecule has 1 aromatic carbocycles. The van der Waals surface area contributed by atoms with Crippen LogP contribution in [0.25, 0.3) is 0 Å². The second kappa shape index (κ2) is 8.87. The van der Waals surface area contributed by atoms with Crippen LogP contribution in [0.2, 0.25) is 19.6 Å². The summed E-state index contributed by atoms with van der Waals surface area (Å²) in [6.45, 7) is 10.9. The Balaban J connectivity index is 2.68. The Kier molecular flexibility index (Phi) is 7.40. The Morgan fingerprint density at radius 2 is 1.58 bits per heavy atom. The Morgan fingerprint density at radius 1 is 1.03 bits per heavy atom. The van der Waals surface area contributed by atoms with Gasteiger partial charge in [0.15, 0.2) is 0 Å². The van der Waals surface area contributed by atoms with Crippen LogP contribution in [0.1, 0.15) is 20.8 Å². The van der Waals surface area contributed by atoms with Gasteiger partial charge >= 0.3 is 189 Å². The van der Waals surface area contributed by atoms with Crippen molar-refractivity contribution in [1.29, 1.82) is 0 Å². The molecular formula is C19H25F3INO5SSi. The molecule has 0 saturated carbocycles. The molecule has 0 radical (unpaired) electrons. The zero-order valence-corrected chi connectivity index (χ0v) is 21.9. The molecule has 2 aromatic rings. The van der Waals surface area contributed by atoms with Gasteiger partial charge in [0, 0.05) is 0 Å². The molecule has 0 amide bonds. The molecule has 6 nitrogen and oxygen atoms in total. The molecule has 0 N–H and O–H groups in total. The second-order valence-corrected chi connectivity index (χ2v) is 20.1. The number of hydrogen-bond acceptors (Lipinski definition) is 5. The first-order chi connectivity index (χ1) is 13.9. The van der Waals surface area contributed by atoms with Gasteiger partial charge in [0.05, 0.1) is 0 Å². The van der Waals surface area contributed by atoms with E-state index in [1.807, 2.05) is 19.6 Å². The molecule has 0 spiro atoms. The first kappa shape index (κ1) is 25.9. The van der Waals surface area contributed by atoms with Gasteiger partial charge < -0.3 is 0 Å². The van der Waals surface area contributed by atoms with Gasteiger partial charge in [-0.1, -0.05) is 0 Å². The normalized spacial score (nSPS) is 13.8. The number of hydrogen-bond donors (Lipinski definition) is 0. The standard InChI is InChI=1S/C19H25F3INO5SSi/c1-18(2,3)28-17(25)24-12-15(16(13-24)31(4,5)6)23(14-10-8-7-9-11-14)29-30(26,27)19(20,21)22/h7-13H,1-6H3. The predicted molar refractivity (Wildman–Crippen MR) is 123 cm³/mol. The third-order valence-electron chi connectivity index (χ3n) is 3.74. The molecule has 1 aromatic heterocycles. The van der Waals surface area contributed by atoms with Crippen molar-refractivity contribution in [1.82, 2.24) is 4.57 Å². The third kappa shape index (κ3) is 6.55. The van der Waals surface area contributed by atoms with Crippen LogP contribution in [0.4, 0.5) is 18.0 Å². The molecule has 0 aliphatic carbocycles. The van der Waals surface area contributed by atoms with Crippen molar-refractivity contribution < 1.29 is 33.6 Å². The topological polar surface area (TPSA) is 74.6 Å². The molecule has 174 valence electrons. The van der Waals surface area contributed by atoms with Gasteiger partial charge in [-0.15, -0.1) is 0 Å². The van der Waals surface area contributed by atoms with Crippen molar-refractivity contribution in [3.05, 3.63) is 49.9 Å². The van der Waals surface area contributed by atoms with Crippen molar-refractivity contribution in [3.8, 4) is 0 Å². The van der Waals surface area contributed by atoms with Crippen LogP contribution in [-0.4, -0.2) is 38.3 Å². The van der Waals surface area contributed by atoms with Crippen LogP contribution in [0.15, 0.2) is 42.7 Å². The minimum atomic E-state index is -5.84. The monoisotopic (exact) mass is 591 g/mol. The van der Waals surface area contributed by atoms with Gasteiger partial charge in [-0.05, 0) is 0 Å². The van der Waals surface area contributed by atoms with E-state index in [1.165, 1.54) is 24.5 Å². The first-order valence-electron chi connectivity index (χ1n) is 9.14. The molecule has 0 atom stereocenters. The van der Waals surface area contributed by atoms with Gasteiger partial charge in [0.2, 0.25) is 0 Å². The summed E-state index contributed by atoms with van der Waals surface area (Å²) in [5.41, 5.74) is -6.33. The van der Waals surface area contributed by atoms with Crippen LogP contribution in [0, 0.1) is 7.14 Å². The summed E-state index contributed by atoms with van der Waals surface area (Å²) in [5.74, 6) is 0. The number of rotatable bonds is 5. The Labute approximate surface area is 188 Å². The fourth-order valence-electron chi connectivity index (χ4n) is 2.37. The van der Waals surface area contributed by atoms with Crippen molar-refractivity contribution in [3.63, 3.8) is 0 Å². The molecule has 0 bridgehead atoms. The number of alkyl halides is 3. The summed E-state index contributed by atoms with van der Waals surface area (Å²) in [6, 6.07) is 7.94. The Hall–Kier alpha value is -1.38. The maximum atomic E-state index is 13.1. The summed E-state index contributed by atoms with van der Waals surface area (Å²) in [7, 11) is -8.06. The van der Waals surface area contributed by atoms with Crippen LogP contribution in [0.5, 0.6) is 0 Å². The number of nitrogens with zero attached hydrogens (tertiary/aromatic N) is 1. The first-order valence-corrected chi connectivity index (χ1v) is 17.1. The van der Waals surface area contributed by atoms with E-state index >= 15 is 0 Å². The summed E-state index contributed by atoms with van der Waals surface area (Å²) in [4.78, 5) is 12.6. The van der Waals surface area contributed by atoms with E-state index in [0.717, 1.165) is 4.57 Å². The zero-order valence-electron chi connectivity index (χ0n) is 18.0. The maximum absolute atomic E-state index is 13.1.